The zero-order valence-corrected chi connectivity index (χ0v) is 12.0. The molecule has 0 radical (unpaired) electrons. The van der Waals surface area contributed by atoms with Gasteiger partial charge in [-0.15, -0.1) is 0 Å². The fraction of sp³-hybridized carbons (Fsp3) is 0.846. The maximum Gasteiger partial charge on any atom is 0.202 e. The van der Waals surface area contributed by atoms with E-state index in [-0.39, 0.29) is 0 Å². The number of hydrogen-bond acceptors (Lipinski definition) is 5. The van der Waals surface area contributed by atoms with Gasteiger partial charge in [0.2, 0.25) is 5.13 Å². The normalized spacial score (nSPS) is 18.3. The summed E-state index contributed by atoms with van der Waals surface area (Å²) in [6.07, 6.45) is 9.33. The quantitative estimate of drug-likeness (QED) is 0.832. The molecule has 18 heavy (non-hydrogen) atoms. The van der Waals surface area contributed by atoms with E-state index in [4.69, 9.17) is 4.74 Å². The molecule has 0 atom stereocenters. The van der Waals surface area contributed by atoms with Gasteiger partial charge in [-0.25, -0.2) is 4.98 Å². The average Bonchev–Trinajstić information content (AvgIpc) is 2.78. The van der Waals surface area contributed by atoms with Crippen LogP contribution in [0.15, 0.2) is 0 Å². The Kier molecular flexibility index (Phi) is 5.87. The Morgan fingerprint density at radius 1 is 1.22 bits per heavy atom. The molecule has 1 fully saturated rings. The first kappa shape index (κ1) is 13.7. The molecule has 1 heterocycles. The molecule has 4 nitrogen and oxygen atoms in total. The molecule has 0 unspecified atom stereocenters. The highest BCUT2D eigenvalue weighted by Crippen LogP contribution is 2.30. The van der Waals surface area contributed by atoms with Crippen molar-refractivity contribution in [2.24, 2.45) is 0 Å². The van der Waals surface area contributed by atoms with Gasteiger partial charge >= 0.3 is 0 Å². The van der Waals surface area contributed by atoms with Crippen LogP contribution in [-0.2, 0) is 4.74 Å². The highest BCUT2D eigenvalue weighted by atomic mass is 32.1. The van der Waals surface area contributed by atoms with Gasteiger partial charge in [0.15, 0.2) is 0 Å². The molecule has 1 saturated carbocycles. The predicted octanol–water partition coefficient (Wildman–Crippen LogP) is 3.42. The van der Waals surface area contributed by atoms with Crippen LogP contribution in [0.5, 0.6) is 0 Å². The number of rotatable bonds is 5. The van der Waals surface area contributed by atoms with E-state index in [0.717, 1.165) is 17.5 Å². The van der Waals surface area contributed by atoms with Crippen molar-refractivity contribution in [1.29, 1.82) is 0 Å². The molecule has 1 aliphatic carbocycles. The topological polar surface area (TPSA) is 47.0 Å². The molecular formula is C13H23N3OS. The van der Waals surface area contributed by atoms with Gasteiger partial charge in [0.05, 0.1) is 6.61 Å². The summed E-state index contributed by atoms with van der Waals surface area (Å²) in [4.78, 5) is 4.62. The molecule has 1 aliphatic rings. The summed E-state index contributed by atoms with van der Waals surface area (Å²) in [7, 11) is 1.71. The second-order valence-corrected chi connectivity index (χ2v) is 5.67. The smallest absolute Gasteiger partial charge is 0.202 e. The van der Waals surface area contributed by atoms with E-state index in [1.54, 1.807) is 7.11 Å². The Bertz CT molecular complexity index is 335. The van der Waals surface area contributed by atoms with Gasteiger partial charge in [0.25, 0.3) is 0 Å². The molecule has 102 valence electrons. The lowest BCUT2D eigenvalue weighted by Crippen LogP contribution is -2.08. The van der Waals surface area contributed by atoms with Gasteiger partial charge in [-0.2, -0.15) is 4.37 Å². The molecule has 0 saturated heterocycles. The number of methoxy groups -OCH3 is 1. The van der Waals surface area contributed by atoms with Gasteiger partial charge in [-0.3, -0.25) is 0 Å². The fourth-order valence-corrected chi connectivity index (χ4v) is 3.12. The second kappa shape index (κ2) is 7.69. The minimum absolute atomic E-state index is 0.583. The van der Waals surface area contributed by atoms with E-state index >= 15 is 0 Å². The maximum absolute atomic E-state index is 5.01. The number of aromatic nitrogens is 2. The second-order valence-electron chi connectivity index (χ2n) is 4.92. The van der Waals surface area contributed by atoms with Crippen LogP contribution in [-0.4, -0.2) is 29.6 Å². The summed E-state index contributed by atoms with van der Waals surface area (Å²) >= 11 is 1.48. The summed E-state index contributed by atoms with van der Waals surface area (Å²) in [6, 6.07) is 0. The Balaban J connectivity index is 1.86. The van der Waals surface area contributed by atoms with Crippen LogP contribution >= 0.6 is 11.5 Å². The van der Waals surface area contributed by atoms with Crippen molar-refractivity contribution < 1.29 is 4.74 Å². The lowest BCUT2D eigenvalue weighted by Gasteiger charge is -2.16. The van der Waals surface area contributed by atoms with E-state index in [9.17, 15) is 0 Å². The first-order chi connectivity index (χ1) is 8.90. The van der Waals surface area contributed by atoms with Crippen molar-refractivity contribution in [2.45, 2.75) is 50.9 Å². The van der Waals surface area contributed by atoms with Crippen molar-refractivity contribution in [3.63, 3.8) is 0 Å². The zero-order chi connectivity index (χ0) is 12.6. The molecule has 2 rings (SSSR count). The lowest BCUT2D eigenvalue weighted by atomic mass is 9.91. The van der Waals surface area contributed by atoms with Crippen LogP contribution < -0.4 is 5.32 Å². The Labute approximate surface area is 113 Å². The number of nitrogens with one attached hydrogen (secondary N) is 1. The van der Waals surface area contributed by atoms with Gasteiger partial charge in [0.1, 0.15) is 5.82 Å². The van der Waals surface area contributed by atoms with E-state index in [1.165, 1.54) is 56.5 Å². The van der Waals surface area contributed by atoms with Crippen LogP contribution in [0.25, 0.3) is 0 Å². The number of ether oxygens (including phenoxy) is 1. The molecule has 0 aromatic carbocycles. The highest BCUT2D eigenvalue weighted by molar-refractivity contribution is 7.09. The zero-order valence-electron chi connectivity index (χ0n) is 11.2. The van der Waals surface area contributed by atoms with Gasteiger partial charge in [-0.05, 0) is 12.8 Å². The third-order valence-corrected chi connectivity index (χ3v) is 4.18. The van der Waals surface area contributed by atoms with Crippen molar-refractivity contribution in [3.8, 4) is 0 Å². The first-order valence-corrected chi connectivity index (χ1v) is 7.74. The molecule has 0 bridgehead atoms. The van der Waals surface area contributed by atoms with E-state index in [2.05, 4.69) is 14.7 Å². The molecule has 0 aliphatic heterocycles. The molecule has 1 aromatic rings. The summed E-state index contributed by atoms with van der Waals surface area (Å²) in [6.45, 7) is 1.51. The highest BCUT2D eigenvalue weighted by Gasteiger charge is 2.18. The largest absolute Gasteiger partial charge is 0.383 e. The summed E-state index contributed by atoms with van der Waals surface area (Å²) in [5, 5.41) is 4.19. The van der Waals surface area contributed by atoms with E-state index < -0.39 is 0 Å². The predicted molar refractivity (Wildman–Crippen MR) is 75.3 cm³/mol. The van der Waals surface area contributed by atoms with Crippen LogP contribution in [0.2, 0.25) is 0 Å². The molecular weight excluding hydrogens is 246 g/mol. The summed E-state index contributed by atoms with van der Waals surface area (Å²) < 4.78 is 9.53. The van der Waals surface area contributed by atoms with Gasteiger partial charge in [-0.1, -0.05) is 32.1 Å². The molecule has 1 aromatic heterocycles. The molecule has 5 heteroatoms. The van der Waals surface area contributed by atoms with Crippen LogP contribution in [0, 0.1) is 0 Å². The summed E-state index contributed by atoms with van der Waals surface area (Å²) in [5.74, 6) is 1.64. The van der Waals surface area contributed by atoms with E-state index in [1.807, 2.05) is 0 Å². The molecule has 1 N–H and O–H groups in total. The Morgan fingerprint density at radius 2 is 1.94 bits per heavy atom. The minimum Gasteiger partial charge on any atom is -0.383 e. The fourth-order valence-electron chi connectivity index (χ4n) is 2.45. The van der Waals surface area contributed by atoms with Gasteiger partial charge < -0.3 is 10.1 Å². The van der Waals surface area contributed by atoms with Gasteiger partial charge in [0, 0.05) is 31.1 Å². The Morgan fingerprint density at radius 3 is 2.67 bits per heavy atom. The summed E-state index contributed by atoms with van der Waals surface area (Å²) in [5.41, 5.74) is 0. The van der Waals surface area contributed by atoms with Crippen molar-refractivity contribution in [2.75, 3.05) is 25.6 Å². The van der Waals surface area contributed by atoms with Crippen LogP contribution in [0.3, 0.4) is 0 Å². The monoisotopic (exact) mass is 269 g/mol. The standard InChI is InChI=1S/C13H23N3OS/c1-17-10-9-14-13-15-12(16-18-13)11-7-5-3-2-4-6-8-11/h11H,2-10H2,1H3,(H,14,15,16). The van der Waals surface area contributed by atoms with Crippen LogP contribution in [0.4, 0.5) is 5.13 Å². The minimum atomic E-state index is 0.583. The lowest BCUT2D eigenvalue weighted by molar-refractivity contribution is 0.211. The van der Waals surface area contributed by atoms with Crippen molar-refractivity contribution >= 4 is 16.7 Å². The first-order valence-electron chi connectivity index (χ1n) is 6.96. The van der Waals surface area contributed by atoms with Crippen molar-refractivity contribution in [3.05, 3.63) is 5.82 Å². The molecule has 0 spiro atoms. The number of anilines is 1. The maximum atomic E-state index is 5.01. The number of nitrogens with zero attached hydrogens (tertiary/aromatic N) is 2. The SMILES string of the molecule is COCCNc1nc(C2CCCCCCC2)ns1. The molecule has 0 amide bonds. The van der Waals surface area contributed by atoms with Crippen LogP contribution in [0.1, 0.15) is 56.7 Å². The van der Waals surface area contributed by atoms with Crippen molar-refractivity contribution in [1.82, 2.24) is 9.36 Å². The van der Waals surface area contributed by atoms with E-state index in [0.29, 0.717) is 12.5 Å². The number of hydrogen-bond donors (Lipinski definition) is 1. The third-order valence-electron chi connectivity index (χ3n) is 3.49. The third kappa shape index (κ3) is 4.21. The Hall–Kier alpha value is -0.680. The average molecular weight is 269 g/mol.